The van der Waals surface area contributed by atoms with Gasteiger partial charge in [0.05, 0.1) is 0 Å². The molecule has 1 aliphatic rings. The molecule has 0 spiro atoms. The molecule has 1 atom stereocenters. The maximum Gasteiger partial charge on any atom is 0.226 e. The van der Waals surface area contributed by atoms with E-state index in [9.17, 15) is 0 Å². The van der Waals surface area contributed by atoms with Crippen LogP contribution in [0.5, 0.6) is 0 Å². The van der Waals surface area contributed by atoms with Crippen molar-refractivity contribution in [2.75, 3.05) is 0 Å². The van der Waals surface area contributed by atoms with Gasteiger partial charge in [-0.25, -0.2) is 9.97 Å². The predicted molar refractivity (Wildman–Crippen MR) is 143 cm³/mol. The number of halogens is 1. The van der Waals surface area contributed by atoms with Crippen LogP contribution in [0.2, 0.25) is 5.28 Å². The minimum atomic E-state index is 0.0492. The van der Waals surface area contributed by atoms with Gasteiger partial charge in [-0.15, -0.1) is 0 Å². The molecule has 0 fully saturated rings. The average Bonchev–Trinajstić information content (AvgIpc) is 3.25. The summed E-state index contributed by atoms with van der Waals surface area (Å²) in [6.07, 6.45) is 13.4. The van der Waals surface area contributed by atoms with Crippen molar-refractivity contribution >= 4 is 51.8 Å². The molecule has 0 bridgehead atoms. The highest BCUT2D eigenvalue weighted by molar-refractivity contribution is 6.28. The standard InChI is InChI=1S/C30H22ClN3O/c1-2-3-4-7-19-10-15-26-25(16-19)24-14-13-23(18-27(24)35-26)29-32-28(33-30(31)34-29)22-12-11-20-8-5-6-9-21(20)17-22/h2-11,13-18,22H,12H2,1H3/b3-2-,7-4-. The van der Waals surface area contributed by atoms with Crippen LogP contribution < -0.4 is 10.4 Å². The van der Waals surface area contributed by atoms with Crippen molar-refractivity contribution in [3.05, 3.63) is 106 Å². The molecule has 5 aromatic rings. The summed E-state index contributed by atoms with van der Waals surface area (Å²) >= 11 is 6.35. The van der Waals surface area contributed by atoms with Crippen LogP contribution in [-0.4, -0.2) is 15.0 Å². The van der Waals surface area contributed by atoms with Crippen LogP contribution in [0.4, 0.5) is 0 Å². The number of aromatic nitrogens is 3. The molecule has 2 aromatic heterocycles. The Morgan fingerprint density at radius 3 is 2.66 bits per heavy atom. The Kier molecular flexibility index (Phi) is 5.51. The van der Waals surface area contributed by atoms with Crippen LogP contribution in [0.3, 0.4) is 0 Å². The Labute approximate surface area is 207 Å². The zero-order valence-corrected chi connectivity index (χ0v) is 19.9. The number of benzene rings is 3. The van der Waals surface area contributed by atoms with Gasteiger partial charge in [0.15, 0.2) is 5.82 Å². The molecule has 0 aliphatic heterocycles. The van der Waals surface area contributed by atoms with E-state index in [4.69, 9.17) is 21.0 Å². The zero-order valence-electron chi connectivity index (χ0n) is 19.1. The topological polar surface area (TPSA) is 51.8 Å². The van der Waals surface area contributed by atoms with Gasteiger partial charge in [0.1, 0.15) is 17.0 Å². The van der Waals surface area contributed by atoms with Gasteiger partial charge < -0.3 is 4.42 Å². The molecule has 6 rings (SSSR count). The summed E-state index contributed by atoms with van der Waals surface area (Å²) in [6.45, 7) is 2.00. The third-order valence-electron chi connectivity index (χ3n) is 6.27. The van der Waals surface area contributed by atoms with E-state index in [1.165, 1.54) is 10.4 Å². The molecule has 0 saturated carbocycles. The second-order valence-electron chi connectivity index (χ2n) is 8.58. The summed E-state index contributed by atoms with van der Waals surface area (Å²) in [7, 11) is 0. The Morgan fingerprint density at radius 2 is 1.77 bits per heavy atom. The van der Waals surface area contributed by atoms with E-state index in [0.29, 0.717) is 11.6 Å². The maximum atomic E-state index is 6.35. The zero-order chi connectivity index (χ0) is 23.8. The van der Waals surface area contributed by atoms with Gasteiger partial charge in [0.25, 0.3) is 0 Å². The van der Waals surface area contributed by atoms with Crippen LogP contribution in [0.25, 0.3) is 51.6 Å². The Bertz CT molecular complexity index is 1760. The number of fused-ring (bicyclic) bond motifs is 4. The van der Waals surface area contributed by atoms with Crippen molar-refractivity contribution in [2.45, 2.75) is 19.3 Å². The van der Waals surface area contributed by atoms with Crippen molar-refractivity contribution in [2.24, 2.45) is 0 Å². The molecule has 0 saturated heterocycles. The first-order valence-electron chi connectivity index (χ1n) is 11.6. The lowest BCUT2D eigenvalue weighted by Gasteiger charge is -2.13. The number of nitrogens with zero attached hydrogens (tertiary/aromatic N) is 3. The van der Waals surface area contributed by atoms with Gasteiger partial charge >= 0.3 is 0 Å². The Balaban J connectivity index is 1.39. The molecular weight excluding hydrogens is 454 g/mol. The summed E-state index contributed by atoms with van der Waals surface area (Å²) in [5.41, 5.74) is 3.60. The largest absolute Gasteiger partial charge is 0.456 e. The molecule has 3 aromatic carbocycles. The fraction of sp³-hybridized carbons (Fsp3) is 0.100. The molecule has 1 unspecified atom stereocenters. The van der Waals surface area contributed by atoms with E-state index < -0.39 is 0 Å². The highest BCUT2D eigenvalue weighted by Gasteiger charge is 2.17. The minimum absolute atomic E-state index is 0.0492. The molecular formula is C30H22ClN3O. The number of hydrogen-bond acceptors (Lipinski definition) is 4. The third kappa shape index (κ3) is 4.17. The fourth-order valence-electron chi connectivity index (χ4n) is 4.54. The van der Waals surface area contributed by atoms with Crippen molar-refractivity contribution in [3.8, 4) is 11.4 Å². The Hall–Kier alpha value is -4.02. The summed E-state index contributed by atoms with van der Waals surface area (Å²) in [6, 6.07) is 20.6. The van der Waals surface area contributed by atoms with Crippen LogP contribution >= 0.6 is 11.6 Å². The van der Waals surface area contributed by atoms with Gasteiger partial charge in [-0.2, -0.15) is 4.98 Å². The van der Waals surface area contributed by atoms with E-state index in [-0.39, 0.29) is 11.2 Å². The van der Waals surface area contributed by atoms with Crippen LogP contribution in [0.15, 0.2) is 83.3 Å². The first kappa shape index (κ1) is 21.5. The van der Waals surface area contributed by atoms with Gasteiger partial charge in [0, 0.05) is 22.3 Å². The van der Waals surface area contributed by atoms with E-state index in [1.807, 2.05) is 49.4 Å². The van der Waals surface area contributed by atoms with Crippen LogP contribution in [-0.2, 0) is 0 Å². The van der Waals surface area contributed by atoms with E-state index in [2.05, 4.69) is 64.6 Å². The first-order valence-corrected chi connectivity index (χ1v) is 12.0. The molecule has 0 radical (unpaired) electrons. The quantitative estimate of drug-likeness (QED) is 0.281. The van der Waals surface area contributed by atoms with Crippen LogP contribution in [0.1, 0.15) is 30.7 Å². The van der Waals surface area contributed by atoms with Gasteiger partial charge in [-0.05, 0) is 65.2 Å². The van der Waals surface area contributed by atoms with E-state index in [0.717, 1.165) is 39.5 Å². The summed E-state index contributed by atoms with van der Waals surface area (Å²) in [4.78, 5) is 13.7. The van der Waals surface area contributed by atoms with Gasteiger partial charge in [0.2, 0.25) is 5.28 Å². The van der Waals surface area contributed by atoms with Crippen molar-refractivity contribution in [1.82, 2.24) is 15.0 Å². The smallest absolute Gasteiger partial charge is 0.226 e. The van der Waals surface area contributed by atoms with E-state index >= 15 is 0 Å². The highest BCUT2D eigenvalue weighted by atomic mass is 35.5. The molecule has 4 nitrogen and oxygen atoms in total. The van der Waals surface area contributed by atoms with Gasteiger partial charge in [-0.1, -0.05) is 72.9 Å². The number of furan rings is 1. The van der Waals surface area contributed by atoms with Crippen molar-refractivity contribution in [1.29, 1.82) is 0 Å². The first-order chi connectivity index (χ1) is 17.2. The molecule has 0 N–H and O–H groups in total. The van der Waals surface area contributed by atoms with Crippen molar-refractivity contribution in [3.63, 3.8) is 0 Å². The molecule has 2 heterocycles. The van der Waals surface area contributed by atoms with Crippen LogP contribution in [0, 0.1) is 0 Å². The summed E-state index contributed by atoms with van der Waals surface area (Å²) in [5, 5.41) is 4.75. The fourth-order valence-corrected chi connectivity index (χ4v) is 4.71. The van der Waals surface area contributed by atoms with E-state index in [1.54, 1.807) is 0 Å². The third-order valence-corrected chi connectivity index (χ3v) is 6.44. The Morgan fingerprint density at radius 1 is 0.886 bits per heavy atom. The van der Waals surface area contributed by atoms with Crippen molar-refractivity contribution < 1.29 is 4.42 Å². The average molecular weight is 476 g/mol. The lowest BCUT2D eigenvalue weighted by molar-refractivity contribution is 0.669. The second-order valence-corrected chi connectivity index (χ2v) is 8.92. The summed E-state index contributed by atoms with van der Waals surface area (Å²) in [5.74, 6) is 1.27. The number of hydrogen-bond donors (Lipinski definition) is 0. The second kappa shape index (κ2) is 8.97. The summed E-state index contributed by atoms with van der Waals surface area (Å²) < 4.78 is 6.16. The minimum Gasteiger partial charge on any atom is -0.456 e. The monoisotopic (exact) mass is 475 g/mol. The van der Waals surface area contributed by atoms with Gasteiger partial charge in [-0.3, -0.25) is 0 Å². The lowest BCUT2D eigenvalue weighted by atomic mass is 9.96. The normalized spacial score (nSPS) is 15.5. The lowest BCUT2D eigenvalue weighted by Crippen LogP contribution is -2.28. The number of rotatable bonds is 4. The SMILES string of the molecule is C/C=C\C=C/c1ccc2oc3cc(-c4nc(Cl)nc(C5C=c6ccccc6=CC5)n4)ccc3c2c1. The maximum absolute atomic E-state index is 6.35. The molecule has 1 aliphatic carbocycles. The molecule has 170 valence electrons. The molecule has 5 heteroatoms. The molecule has 35 heavy (non-hydrogen) atoms. The molecule has 0 amide bonds. The predicted octanol–water partition coefficient (Wildman–Crippen LogP) is 6.43. The number of allylic oxidation sites excluding steroid dienone is 3. The highest BCUT2D eigenvalue weighted by Crippen LogP contribution is 2.33.